The van der Waals surface area contributed by atoms with Gasteiger partial charge in [-0.05, 0) is 29.8 Å². The number of nitrogens with zero attached hydrogens (tertiary/aromatic N) is 1. The van der Waals surface area contributed by atoms with Crippen molar-refractivity contribution in [2.75, 3.05) is 31.3 Å². The van der Waals surface area contributed by atoms with E-state index >= 15 is 0 Å². The molecule has 0 saturated heterocycles. The molecule has 1 atom stereocenters. The van der Waals surface area contributed by atoms with Gasteiger partial charge in [-0.25, -0.2) is 0 Å². The van der Waals surface area contributed by atoms with Gasteiger partial charge in [0, 0.05) is 17.7 Å². The number of alkyl halides is 3. The lowest BCUT2D eigenvalue weighted by molar-refractivity contribution is -0.153. The van der Waals surface area contributed by atoms with Crippen LogP contribution < -0.4 is 23.8 Å². The van der Waals surface area contributed by atoms with Crippen LogP contribution in [0, 0.1) is 0 Å². The summed E-state index contributed by atoms with van der Waals surface area (Å²) in [6.45, 7) is 1.05. The van der Waals surface area contributed by atoms with Crippen LogP contribution in [0.1, 0.15) is 28.6 Å². The minimum Gasteiger partial charge on any atom is -0.507 e. The molecule has 1 N–H and O–H groups in total. The lowest BCUT2D eigenvalue weighted by Crippen LogP contribution is -2.28. The minimum atomic E-state index is -4.64. The van der Waals surface area contributed by atoms with Crippen LogP contribution in [0.2, 0.25) is 0 Å². The number of rotatable bonds is 3. The highest BCUT2D eigenvalue weighted by molar-refractivity contribution is 6.07. The Morgan fingerprint density at radius 1 is 0.857 bits per heavy atom. The van der Waals surface area contributed by atoms with E-state index in [1.807, 2.05) is 0 Å². The quantitative estimate of drug-likeness (QED) is 0.589. The van der Waals surface area contributed by atoms with Gasteiger partial charge in [-0.15, -0.1) is 0 Å². The third-order valence-corrected chi connectivity index (χ3v) is 6.06. The lowest BCUT2D eigenvalue weighted by atomic mass is 9.91. The molecule has 0 radical (unpaired) electrons. The van der Waals surface area contributed by atoms with Gasteiger partial charge < -0.3 is 33.4 Å². The van der Waals surface area contributed by atoms with E-state index in [-0.39, 0.29) is 23.6 Å². The number of hydrogen-bond acceptors (Lipinski definition) is 7. The van der Waals surface area contributed by atoms with Crippen LogP contribution in [0.4, 0.5) is 18.9 Å². The molecule has 182 valence electrons. The van der Waals surface area contributed by atoms with E-state index in [4.69, 9.17) is 23.4 Å². The van der Waals surface area contributed by atoms with Crippen molar-refractivity contribution in [3.8, 4) is 28.7 Å². The first-order chi connectivity index (χ1) is 16.8. The largest absolute Gasteiger partial charge is 0.507 e. The van der Waals surface area contributed by atoms with Gasteiger partial charge in [0.25, 0.3) is 0 Å². The van der Waals surface area contributed by atoms with Gasteiger partial charge in [-0.2, -0.15) is 13.2 Å². The molecule has 3 aliphatic rings. The van der Waals surface area contributed by atoms with Crippen LogP contribution in [0.25, 0.3) is 0 Å². The van der Waals surface area contributed by atoms with E-state index in [1.54, 1.807) is 18.2 Å². The molecule has 0 saturated carbocycles. The second-order valence-corrected chi connectivity index (χ2v) is 8.23. The zero-order chi connectivity index (χ0) is 24.3. The fraction of sp³-hybridized carbons (Fsp3) is 0.292. The van der Waals surface area contributed by atoms with Crippen molar-refractivity contribution in [2.24, 2.45) is 0 Å². The molecule has 6 rings (SSSR count). The number of carbonyl (C=O) groups is 1. The number of phenolic OH excluding ortho intramolecular Hbond substituents is 1. The van der Waals surface area contributed by atoms with E-state index in [9.17, 15) is 23.1 Å². The van der Waals surface area contributed by atoms with Crippen molar-refractivity contribution in [3.63, 3.8) is 0 Å². The maximum absolute atomic E-state index is 13.7. The first-order valence-corrected chi connectivity index (χ1v) is 10.8. The smallest absolute Gasteiger partial charge is 0.449 e. The van der Waals surface area contributed by atoms with Crippen molar-refractivity contribution in [1.82, 2.24) is 0 Å². The van der Waals surface area contributed by atoms with Crippen LogP contribution in [0.5, 0.6) is 28.7 Å². The van der Waals surface area contributed by atoms with E-state index in [0.717, 1.165) is 6.07 Å². The summed E-state index contributed by atoms with van der Waals surface area (Å²) >= 11 is 0. The Morgan fingerprint density at radius 3 is 2.03 bits per heavy atom. The summed E-state index contributed by atoms with van der Waals surface area (Å²) in [5.41, 5.74) is 1.20. The normalized spacial score (nSPS) is 18.5. The summed E-state index contributed by atoms with van der Waals surface area (Å²) in [7, 11) is 0. The summed E-state index contributed by atoms with van der Waals surface area (Å²) in [5.74, 6) is -1.20. The number of benzene rings is 2. The molecule has 2 aromatic carbocycles. The van der Waals surface area contributed by atoms with Crippen molar-refractivity contribution in [2.45, 2.75) is 18.6 Å². The maximum Gasteiger partial charge on any atom is 0.449 e. The predicted octanol–water partition coefficient (Wildman–Crippen LogP) is 4.23. The highest BCUT2D eigenvalue weighted by Crippen LogP contribution is 2.51. The second kappa shape index (κ2) is 7.76. The average Bonchev–Trinajstić information content (AvgIpc) is 3.41. The Hall–Kier alpha value is -4.02. The first-order valence-electron chi connectivity index (χ1n) is 10.8. The summed E-state index contributed by atoms with van der Waals surface area (Å²) < 4.78 is 66.5. The second-order valence-electron chi connectivity index (χ2n) is 8.23. The van der Waals surface area contributed by atoms with Crippen LogP contribution >= 0.6 is 0 Å². The topological polar surface area (TPSA) is 90.6 Å². The standard InChI is InChI=1S/C24H18F3NO7/c25-24(26,27)21-2-1-12(35-21)11-28-15-9-19-17(31-3-5-33-19)7-13(15)22(23(28)30)14-8-18-20(10-16(14)29)34-6-4-32-18/h1-2,7-10,22,29H,3-6,11H2. The highest BCUT2D eigenvalue weighted by atomic mass is 19.4. The SMILES string of the molecule is O=C1C(c2cc3c(cc2O)OCCO3)c2cc3c(cc2N1Cc1ccc(C(F)(F)F)o1)OCCO3. The fourth-order valence-corrected chi connectivity index (χ4v) is 4.53. The van der Waals surface area contributed by atoms with Crippen LogP contribution in [-0.4, -0.2) is 37.4 Å². The molecule has 0 aliphatic carbocycles. The molecule has 0 bridgehead atoms. The van der Waals surface area contributed by atoms with E-state index in [2.05, 4.69) is 0 Å². The molecule has 1 unspecified atom stereocenters. The average molecular weight is 489 g/mol. The molecule has 1 aromatic heterocycles. The molecule has 0 spiro atoms. The molecule has 3 aliphatic heterocycles. The maximum atomic E-state index is 13.7. The Bertz CT molecular complexity index is 1330. The van der Waals surface area contributed by atoms with E-state index in [0.29, 0.717) is 60.7 Å². The van der Waals surface area contributed by atoms with Gasteiger partial charge in [0.1, 0.15) is 37.9 Å². The number of phenols is 1. The van der Waals surface area contributed by atoms with Gasteiger partial charge in [0.05, 0.1) is 18.2 Å². The third kappa shape index (κ3) is 3.58. The molecule has 8 nitrogen and oxygen atoms in total. The molecule has 3 aromatic rings. The van der Waals surface area contributed by atoms with Crippen LogP contribution in [0.15, 0.2) is 40.8 Å². The lowest BCUT2D eigenvalue weighted by Gasteiger charge is -2.22. The van der Waals surface area contributed by atoms with Crippen LogP contribution in [-0.2, 0) is 17.5 Å². The van der Waals surface area contributed by atoms with Crippen molar-refractivity contribution in [1.29, 1.82) is 0 Å². The number of hydrogen-bond donors (Lipinski definition) is 1. The Kier molecular flexibility index (Phi) is 4.77. The number of carbonyl (C=O) groups excluding carboxylic acids is 1. The molecule has 4 heterocycles. The molecule has 0 fully saturated rings. The molecule has 1 amide bonds. The summed E-state index contributed by atoms with van der Waals surface area (Å²) in [4.78, 5) is 15.0. The summed E-state index contributed by atoms with van der Waals surface area (Å²) in [6.07, 6.45) is -4.64. The zero-order valence-corrected chi connectivity index (χ0v) is 18.1. The van der Waals surface area contributed by atoms with Gasteiger partial charge in [0.2, 0.25) is 11.7 Å². The van der Waals surface area contributed by atoms with Gasteiger partial charge >= 0.3 is 6.18 Å². The van der Waals surface area contributed by atoms with Crippen molar-refractivity contribution < 1.29 is 46.4 Å². The Labute approximate surface area is 196 Å². The Balaban J connectivity index is 1.44. The Morgan fingerprint density at radius 2 is 1.43 bits per heavy atom. The molecular weight excluding hydrogens is 471 g/mol. The highest BCUT2D eigenvalue weighted by Gasteiger charge is 2.43. The number of furan rings is 1. The van der Waals surface area contributed by atoms with Crippen LogP contribution in [0.3, 0.4) is 0 Å². The number of ether oxygens (including phenoxy) is 4. The van der Waals surface area contributed by atoms with Crippen molar-refractivity contribution in [3.05, 3.63) is 59.0 Å². The monoisotopic (exact) mass is 489 g/mol. The van der Waals surface area contributed by atoms with E-state index < -0.39 is 23.8 Å². The van der Waals surface area contributed by atoms with Gasteiger partial charge in [-0.3, -0.25) is 4.79 Å². The fourth-order valence-electron chi connectivity index (χ4n) is 4.53. The summed E-state index contributed by atoms with van der Waals surface area (Å²) in [6, 6.07) is 8.22. The molecular formula is C24H18F3NO7. The number of aromatic hydroxyl groups is 1. The summed E-state index contributed by atoms with van der Waals surface area (Å²) in [5, 5.41) is 10.8. The van der Waals surface area contributed by atoms with E-state index in [1.165, 1.54) is 17.0 Å². The predicted molar refractivity (Wildman–Crippen MR) is 113 cm³/mol. The number of halogens is 3. The number of fused-ring (bicyclic) bond motifs is 3. The molecule has 11 heteroatoms. The first kappa shape index (κ1) is 21.5. The molecule has 35 heavy (non-hydrogen) atoms. The third-order valence-electron chi connectivity index (χ3n) is 6.06. The zero-order valence-electron chi connectivity index (χ0n) is 18.1. The van der Waals surface area contributed by atoms with Crippen molar-refractivity contribution >= 4 is 11.6 Å². The number of amides is 1. The minimum absolute atomic E-state index is 0.0430. The van der Waals surface area contributed by atoms with Gasteiger partial charge in [0.15, 0.2) is 23.0 Å². The number of anilines is 1. The van der Waals surface area contributed by atoms with Gasteiger partial charge in [-0.1, -0.05) is 0 Å².